The number of nitrogens with one attached hydrogen (secondary N) is 1. The number of piperazine rings is 1. The monoisotopic (exact) mass is 258 g/mol. The van der Waals surface area contributed by atoms with Crippen LogP contribution in [0.4, 0.5) is 0 Å². The zero-order valence-electron chi connectivity index (χ0n) is 12.1. The van der Waals surface area contributed by atoms with E-state index in [9.17, 15) is 0 Å². The minimum atomic E-state index is 0.430. The maximum absolute atomic E-state index is 3.82. The molecule has 1 N–H and O–H groups in total. The molecule has 2 aliphatic rings. The summed E-state index contributed by atoms with van der Waals surface area (Å²) in [5.74, 6) is 0. The second kappa shape index (κ2) is 5.64. The molecule has 2 nitrogen and oxygen atoms in total. The molecule has 1 aliphatic carbocycles. The Balaban J connectivity index is 1.67. The lowest BCUT2D eigenvalue weighted by atomic mass is 9.80. The number of nitrogens with zero attached hydrogens (tertiary/aromatic N) is 1. The van der Waals surface area contributed by atoms with Crippen molar-refractivity contribution < 1.29 is 0 Å². The Labute approximate surface area is 117 Å². The highest BCUT2D eigenvalue weighted by molar-refractivity contribution is 5.25. The highest BCUT2D eigenvalue weighted by atomic mass is 15.2. The Morgan fingerprint density at radius 1 is 1.16 bits per heavy atom. The summed E-state index contributed by atoms with van der Waals surface area (Å²) >= 11 is 0. The van der Waals surface area contributed by atoms with Crippen LogP contribution in [0.25, 0.3) is 0 Å². The van der Waals surface area contributed by atoms with Crippen molar-refractivity contribution in [2.45, 2.75) is 51.1 Å². The molecule has 3 rings (SSSR count). The highest BCUT2D eigenvalue weighted by Crippen LogP contribution is 2.31. The molecule has 2 heteroatoms. The fraction of sp³-hybridized carbons (Fsp3) is 0.647. The molecule has 1 saturated heterocycles. The Bertz CT molecular complexity index is 416. The van der Waals surface area contributed by atoms with Crippen molar-refractivity contribution in [3.05, 3.63) is 35.4 Å². The molecule has 1 spiro atoms. The maximum atomic E-state index is 3.82. The van der Waals surface area contributed by atoms with E-state index >= 15 is 0 Å². The van der Waals surface area contributed by atoms with E-state index in [1.165, 1.54) is 56.3 Å². The van der Waals surface area contributed by atoms with Crippen molar-refractivity contribution in [1.82, 2.24) is 10.2 Å². The molecule has 1 saturated carbocycles. The van der Waals surface area contributed by atoms with Crippen LogP contribution >= 0.6 is 0 Å². The van der Waals surface area contributed by atoms with Gasteiger partial charge in [-0.2, -0.15) is 0 Å². The van der Waals surface area contributed by atoms with Gasteiger partial charge < -0.3 is 5.32 Å². The van der Waals surface area contributed by atoms with Gasteiger partial charge in [-0.25, -0.2) is 0 Å². The van der Waals surface area contributed by atoms with Gasteiger partial charge in [0.2, 0.25) is 0 Å². The van der Waals surface area contributed by atoms with Crippen molar-refractivity contribution in [2.24, 2.45) is 0 Å². The molecule has 0 amide bonds. The maximum Gasteiger partial charge on any atom is 0.0309 e. The lowest BCUT2D eigenvalue weighted by Crippen LogP contribution is -2.60. The summed E-state index contributed by atoms with van der Waals surface area (Å²) in [5.41, 5.74) is 3.35. The van der Waals surface area contributed by atoms with Crippen LogP contribution in [0.3, 0.4) is 0 Å². The molecule has 1 aliphatic heterocycles. The van der Waals surface area contributed by atoms with Crippen molar-refractivity contribution in [2.75, 3.05) is 19.6 Å². The number of hydrogen-bond donors (Lipinski definition) is 1. The van der Waals surface area contributed by atoms with Gasteiger partial charge in [-0.1, -0.05) is 43.5 Å². The third-order valence-electron chi connectivity index (χ3n) is 4.92. The number of hydrogen-bond acceptors (Lipinski definition) is 2. The van der Waals surface area contributed by atoms with E-state index in [0.29, 0.717) is 5.54 Å². The first-order valence-electron chi connectivity index (χ1n) is 7.79. The van der Waals surface area contributed by atoms with Crippen molar-refractivity contribution in [3.63, 3.8) is 0 Å². The molecule has 0 bridgehead atoms. The third-order valence-corrected chi connectivity index (χ3v) is 4.92. The molecule has 1 heterocycles. The predicted molar refractivity (Wildman–Crippen MR) is 80.3 cm³/mol. The molecular formula is C17H26N2. The Kier molecular flexibility index (Phi) is 3.90. The second-order valence-electron chi connectivity index (χ2n) is 6.40. The predicted octanol–water partition coefficient (Wildman–Crippen LogP) is 3.10. The number of rotatable bonds is 2. The van der Waals surface area contributed by atoms with Crippen LogP contribution in [-0.4, -0.2) is 30.1 Å². The zero-order chi connectivity index (χ0) is 13.1. The van der Waals surface area contributed by atoms with Crippen LogP contribution in [0, 0.1) is 6.92 Å². The first-order chi connectivity index (χ1) is 9.27. The van der Waals surface area contributed by atoms with E-state index in [0.717, 1.165) is 13.1 Å². The quantitative estimate of drug-likeness (QED) is 0.877. The van der Waals surface area contributed by atoms with E-state index in [1.807, 2.05) is 0 Å². The van der Waals surface area contributed by atoms with Gasteiger partial charge in [-0.05, 0) is 30.9 Å². The van der Waals surface area contributed by atoms with Crippen LogP contribution in [0.15, 0.2) is 24.3 Å². The van der Waals surface area contributed by atoms with Crippen LogP contribution < -0.4 is 5.32 Å². The van der Waals surface area contributed by atoms with Crippen LogP contribution in [0.1, 0.15) is 43.2 Å². The minimum Gasteiger partial charge on any atom is -0.309 e. The van der Waals surface area contributed by atoms with E-state index < -0.39 is 0 Å². The fourth-order valence-electron chi connectivity index (χ4n) is 3.77. The molecule has 0 aromatic heterocycles. The van der Waals surface area contributed by atoms with Crippen LogP contribution in [0.2, 0.25) is 0 Å². The number of aryl methyl sites for hydroxylation is 1. The third kappa shape index (κ3) is 3.01. The second-order valence-corrected chi connectivity index (χ2v) is 6.40. The van der Waals surface area contributed by atoms with Gasteiger partial charge in [-0.15, -0.1) is 0 Å². The van der Waals surface area contributed by atoms with Crippen LogP contribution in [0.5, 0.6) is 0 Å². The minimum absolute atomic E-state index is 0.430. The summed E-state index contributed by atoms with van der Waals surface area (Å²) in [6, 6.07) is 8.82. The van der Waals surface area contributed by atoms with Crippen molar-refractivity contribution in [1.29, 1.82) is 0 Å². The van der Waals surface area contributed by atoms with Crippen LogP contribution in [-0.2, 0) is 6.54 Å². The summed E-state index contributed by atoms with van der Waals surface area (Å²) in [6.07, 6.45) is 6.99. The van der Waals surface area contributed by atoms with Gasteiger partial charge in [0.05, 0.1) is 0 Å². The molecular weight excluding hydrogens is 232 g/mol. The highest BCUT2D eigenvalue weighted by Gasteiger charge is 2.35. The van der Waals surface area contributed by atoms with E-state index in [1.54, 1.807) is 0 Å². The average molecular weight is 258 g/mol. The Hall–Kier alpha value is -0.860. The normalized spacial score (nSPS) is 23.6. The molecule has 0 unspecified atom stereocenters. The summed E-state index contributed by atoms with van der Waals surface area (Å²) in [5, 5.41) is 3.82. The molecule has 1 aromatic rings. The lowest BCUT2D eigenvalue weighted by Gasteiger charge is -2.46. The molecule has 2 fully saturated rings. The van der Waals surface area contributed by atoms with E-state index in [-0.39, 0.29) is 0 Å². The largest absolute Gasteiger partial charge is 0.309 e. The fourth-order valence-corrected chi connectivity index (χ4v) is 3.77. The average Bonchev–Trinajstić information content (AvgIpc) is 2.42. The SMILES string of the molecule is Cc1ccccc1CN1CCNC2(CCCCC2)C1. The molecule has 19 heavy (non-hydrogen) atoms. The lowest BCUT2D eigenvalue weighted by molar-refractivity contribution is 0.0944. The standard InChI is InChI=1S/C17H26N2/c1-15-7-3-4-8-16(15)13-19-12-11-18-17(14-19)9-5-2-6-10-17/h3-4,7-8,18H,2,5-6,9-14H2,1H3. The molecule has 104 valence electrons. The van der Waals surface area contributed by atoms with Crippen molar-refractivity contribution in [3.8, 4) is 0 Å². The number of benzene rings is 1. The summed E-state index contributed by atoms with van der Waals surface area (Å²) < 4.78 is 0. The van der Waals surface area contributed by atoms with Gasteiger partial charge >= 0.3 is 0 Å². The topological polar surface area (TPSA) is 15.3 Å². The summed E-state index contributed by atoms with van der Waals surface area (Å²) in [6.45, 7) is 6.94. The van der Waals surface area contributed by atoms with Gasteiger partial charge in [0.1, 0.15) is 0 Å². The first kappa shape index (κ1) is 13.1. The van der Waals surface area contributed by atoms with Gasteiger partial charge in [0.25, 0.3) is 0 Å². The van der Waals surface area contributed by atoms with E-state index in [4.69, 9.17) is 0 Å². The van der Waals surface area contributed by atoms with Crippen molar-refractivity contribution >= 4 is 0 Å². The Morgan fingerprint density at radius 3 is 2.74 bits per heavy atom. The van der Waals surface area contributed by atoms with Gasteiger partial charge in [-0.3, -0.25) is 4.90 Å². The van der Waals surface area contributed by atoms with Gasteiger partial charge in [0, 0.05) is 31.7 Å². The Morgan fingerprint density at radius 2 is 1.95 bits per heavy atom. The summed E-state index contributed by atoms with van der Waals surface area (Å²) in [4.78, 5) is 2.66. The molecule has 1 aromatic carbocycles. The summed E-state index contributed by atoms with van der Waals surface area (Å²) in [7, 11) is 0. The van der Waals surface area contributed by atoms with Gasteiger partial charge in [0.15, 0.2) is 0 Å². The molecule has 0 radical (unpaired) electrons. The van der Waals surface area contributed by atoms with E-state index in [2.05, 4.69) is 41.4 Å². The molecule has 0 atom stereocenters. The zero-order valence-corrected chi connectivity index (χ0v) is 12.1. The smallest absolute Gasteiger partial charge is 0.0309 e. The first-order valence-corrected chi connectivity index (χ1v) is 7.79.